The molecule has 1 atom stereocenters. The van der Waals surface area contributed by atoms with Gasteiger partial charge in [0.1, 0.15) is 5.75 Å². The maximum Gasteiger partial charge on any atom is 0.169 e. The minimum atomic E-state index is 0.322. The summed E-state index contributed by atoms with van der Waals surface area (Å²) < 4.78 is 11.1. The highest BCUT2D eigenvalue weighted by atomic mass is 32.1. The van der Waals surface area contributed by atoms with Crippen molar-refractivity contribution in [2.24, 2.45) is 0 Å². The van der Waals surface area contributed by atoms with Crippen LogP contribution in [-0.2, 0) is 4.74 Å². The van der Waals surface area contributed by atoms with Gasteiger partial charge in [-0.3, -0.25) is 0 Å². The number of rotatable bonds is 4. The Kier molecular flexibility index (Phi) is 5.56. The number of methoxy groups -OCH3 is 1. The first-order valence-electron chi connectivity index (χ1n) is 8.30. The summed E-state index contributed by atoms with van der Waals surface area (Å²) >= 11 is 5.53. The van der Waals surface area contributed by atoms with Crippen LogP contribution < -0.4 is 15.0 Å². The van der Waals surface area contributed by atoms with Gasteiger partial charge in [0.2, 0.25) is 0 Å². The number of ether oxygens (including phenoxy) is 2. The van der Waals surface area contributed by atoms with Gasteiger partial charge in [0.25, 0.3) is 0 Å². The summed E-state index contributed by atoms with van der Waals surface area (Å²) in [6.07, 6.45) is 2.62. The largest absolute Gasteiger partial charge is 0.495 e. The monoisotopic (exact) mass is 335 g/mol. The maximum absolute atomic E-state index is 5.63. The molecule has 0 unspecified atom stereocenters. The minimum Gasteiger partial charge on any atom is -0.495 e. The first kappa shape index (κ1) is 16.3. The third kappa shape index (κ3) is 4.06. The molecule has 126 valence electrons. The summed E-state index contributed by atoms with van der Waals surface area (Å²) in [6, 6.07) is 8.18. The molecule has 0 aliphatic carbocycles. The number of nitrogens with zero attached hydrogens (tertiary/aromatic N) is 2. The van der Waals surface area contributed by atoms with E-state index in [0.717, 1.165) is 68.7 Å². The smallest absolute Gasteiger partial charge is 0.169 e. The highest BCUT2D eigenvalue weighted by Gasteiger charge is 2.22. The fraction of sp³-hybridized carbons (Fsp3) is 0.588. The van der Waals surface area contributed by atoms with Crippen LogP contribution >= 0.6 is 12.2 Å². The van der Waals surface area contributed by atoms with Crippen LogP contribution in [-0.4, -0.2) is 62.6 Å². The molecule has 2 aliphatic heterocycles. The lowest BCUT2D eigenvalue weighted by Crippen LogP contribution is -2.52. The average molecular weight is 335 g/mol. The second kappa shape index (κ2) is 7.84. The van der Waals surface area contributed by atoms with E-state index >= 15 is 0 Å². The summed E-state index contributed by atoms with van der Waals surface area (Å²) in [5.41, 5.74) is 1.16. The van der Waals surface area contributed by atoms with E-state index in [1.54, 1.807) is 7.11 Å². The van der Waals surface area contributed by atoms with E-state index in [-0.39, 0.29) is 0 Å². The molecule has 0 amide bonds. The standard InChI is InChI=1S/C17H25N3O2S/c1-21-16-7-3-2-6-15(16)19-8-10-20(11-9-19)17(23)18-13-14-5-4-12-22-14/h2-3,6-7,14H,4-5,8-13H2,1H3,(H,18,23)/t14-/m1/s1. The molecule has 1 aromatic carbocycles. The predicted octanol–water partition coefficient (Wildman–Crippen LogP) is 1.87. The van der Waals surface area contributed by atoms with Crippen LogP contribution in [0, 0.1) is 0 Å². The van der Waals surface area contributed by atoms with Gasteiger partial charge in [-0.2, -0.15) is 0 Å². The summed E-state index contributed by atoms with van der Waals surface area (Å²) in [5, 5.41) is 4.21. The highest BCUT2D eigenvalue weighted by Crippen LogP contribution is 2.28. The lowest BCUT2D eigenvalue weighted by atomic mass is 10.2. The molecule has 1 N–H and O–H groups in total. The highest BCUT2D eigenvalue weighted by molar-refractivity contribution is 7.80. The van der Waals surface area contributed by atoms with Crippen molar-refractivity contribution in [3.05, 3.63) is 24.3 Å². The van der Waals surface area contributed by atoms with Gasteiger partial charge in [0.15, 0.2) is 5.11 Å². The molecule has 0 spiro atoms. The molecular weight excluding hydrogens is 310 g/mol. The Morgan fingerprint density at radius 2 is 2.09 bits per heavy atom. The Hall–Kier alpha value is -1.53. The van der Waals surface area contributed by atoms with Gasteiger partial charge >= 0.3 is 0 Å². The molecular formula is C17H25N3O2S. The summed E-state index contributed by atoms with van der Waals surface area (Å²) in [5.74, 6) is 0.931. The lowest BCUT2D eigenvalue weighted by Gasteiger charge is -2.38. The number of benzene rings is 1. The SMILES string of the molecule is COc1ccccc1N1CCN(C(=S)NC[C@H]2CCCO2)CC1. The molecule has 2 heterocycles. The van der Waals surface area contributed by atoms with Crippen molar-refractivity contribution in [1.82, 2.24) is 10.2 Å². The van der Waals surface area contributed by atoms with Crippen molar-refractivity contribution in [1.29, 1.82) is 0 Å². The Balaban J connectivity index is 1.48. The molecule has 0 aromatic heterocycles. The van der Waals surface area contributed by atoms with E-state index in [1.165, 1.54) is 0 Å². The fourth-order valence-corrected chi connectivity index (χ4v) is 3.43. The topological polar surface area (TPSA) is 37.0 Å². The number of hydrogen-bond donors (Lipinski definition) is 1. The lowest BCUT2D eigenvalue weighted by molar-refractivity contribution is 0.113. The van der Waals surface area contributed by atoms with Crippen LogP contribution in [0.5, 0.6) is 5.75 Å². The third-order valence-corrected chi connectivity index (χ3v) is 4.90. The second-order valence-electron chi connectivity index (χ2n) is 5.97. The van der Waals surface area contributed by atoms with Gasteiger partial charge in [0, 0.05) is 39.3 Å². The zero-order valence-electron chi connectivity index (χ0n) is 13.7. The number of nitrogens with one attached hydrogen (secondary N) is 1. The molecule has 0 bridgehead atoms. The Labute approximate surface area is 143 Å². The Morgan fingerprint density at radius 3 is 2.78 bits per heavy atom. The first-order valence-corrected chi connectivity index (χ1v) is 8.71. The van der Waals surface area contributed by atoms with Gasteiger partial charge in [-0.1, -0.05) is 12.1 Å². The molecule has 5 nitrogen and oxygen atoms in total. The average Bonchev–Trinajstić information content (AvgIpc) is 3.13. The number of para-hydroxylation sites is 2. The van der Waals surface area contributed by atoms with Crippen LogP contribution in [0.2, 0.25) is 0 Å². The van der Waals surface area contributed by atoms with E-state index in [0.29, 0.717) is 6.10 Å². The summed E-state index contributed by atoms with van der Waals surface area (Å²) in [7, 11) is 1.72. The normalized spacial score (nSPS) is 21.3. The fourth-order valence-electron chi connectivity index (χ4n) is 3.16. The quantitative estimate of drug-likeness (QED) is 0.847. The van der Waals surface area contributed by atoms with E-state index in [4.69, 9.17) is 21.7 Å². The van der Waals surface area contributed by atoms with E-state index in [2.05, 4.69) is 27.2 Å². The Morgan fingerprint density at radius 1 is 1.30 bits per heavy atom. The van der Waals surface area contributed by atoms with Crippen LogP contribution in [0.4, 0.5) is 5.69 Å². The molecule has 23 heavy (non-hydrogen) atoms. The zero-order chi connectivity index (χ0) is 16.1. The molecule has 6 heteroatoms. The van der Waals surface area contributed by atoms with Crippen molar-refractivity contribution in [2.75, 3.05) is 51.3 Å². The summed E-state index contributed by atoms with van der Waals surface area (Å²) in [4.78, 5) is 4.61. The number of anilines is 1. The Bertz CT molecular complexity index is 526. The molecule has 2 aliphatic rings. The molecule has 0 radical (unpaired) electrons. The molecule has 0 saturated carbocycles. The van der Waals surface area contributed by atoms with Gasteiger partial charge < -0.3 is 24.6 Å². The number of thiocarbonyl (C=S) groups is 1. The van der Waals surface area contributed by atoms with E-state index < -0.39 is 0 Å². The van der Waals surface area contributed by atoms with Crippen molar-refractivity contribution >= 4 is 23.0 Å². The predicted molar refractivity (Wildman–Crippen MR) is 96.4 cm³/mol. The first-order chi connectivity index (χ1) is 11.3. The van der Waals surface area contributed by atoms with Crippen molar-refractivity contribution in [3.8, 4) is 5.75 Å². The molecule has 2 fully saturated rings. The maximum atomic E-state index is 5.63. The van der Waals surface area contributed by atoms with Gasteiger partial charge in [-0.25, -0.2) is 0 Å². The molecule has 1 aromatic rings. The minimum absolute atomic E-state index is 0.322. The van der Waals surface area contributed by atoms with Crippen LogP contribution in [0.15, 0.2) is 24.3 Å². The number of hydrogen-bond acceptors (Lipinski definition) is 4. The molecule has 2 saturated heterocycles. The van der Waals surface area contributed by atoms with Gasteiger partial charge in [0.05, 0.1) is 18.9 Å². The number of piperazine rings is 1. The summed E-state index contributed by atoms with van der Waals surface area (Å²) in [6.45, 7) is 5.46. The second-order valence-corrected chi connectivity index (χ2v) is 6.35. The van der Waals surface area contributed by atoms with Crippen LogP contribution in [0.25, 0.3) is 0 Å². The van der Waals surface area contributed by atoms with E-state index in [1.807, 2.05) is 12.1 Å². The van der Waals surface area contributed by atoms with Crippen molar-refractivity contribution in [2.45, 2.75) is 18.9 Å². The van der Waals surface area contributed by atoms with Gasteiger partial charge in [-0.15, -0.1) is 0 Å². The van der Waals surface area contributed by atoms with Crippen LogP contribution in [0.3, 0.4) is 0 Å². The zero-order valence-corrected chi connectivity index (χ0v) is 14.5. The van der Waals surface area contributed by atoms with Crippen molar-refractivity contribution < 1.29 is 9.47 Å². The van der Waals surface area contributed by atoms with Crippen molar-refractivity contribution in [3.63, 3.8) is 0 Å². The van der Waals surface area contributed by atoms with Gasteiger partial charge in [-0.05, 0) is 37.2 Å². The van der Waals surface area contributed by atoms with E-state index in [9.17, 15) is 0 Å². The molecule has 3 rings (SSSR count). The third-order valence-electron chi connectivity index (χ3n) is 4.50. The van der Waals surface area contributed by atoms with Crippen LogP contribution in [0.1, 0.15) is 12.8 Å².